The fourth-order valence-electron chi connectivity index (χ4n) is 2.19. The number of hydrogen-bond acceptors (Lipinski definition) is 4. The lowest BCUT2D eigenvalue weighted by Crippen LogP contribution is -2.21. The minimum absolute atomic E-state index is 0.822. The second kappa shape index (κ2) is 8.08. The average molecular weight is 294 g/mol. The van der Waals surface area contributed by atoms with Crippen LogP contribution in [0.1, 0.15) is 20.8 Å². The Morgan fingerprint density at radius 2 is 1.23 bits per heavy atom. The first-order chi connectivity index (χ1) is 10.8. The van der Waals surface area contributed by atoms with E-state index in [4.69, 9.17) is 0 Å². The fourth-order valence-corrected chi connectivity index (χ4v) is 2.19. The van der Waals surface area contributed by atoms with Crippen molar-refractivity contribution in [3.63, 3.8) is 0 Å². The highest BCUT2D eigenvalue weighted by molar-refractivity contribution is 5.61. The maximum atomic E-state index is 4.27. The van der Waals surface area contributed by atoms with Gasteiger partial charge in [-0.05, 0) is 69.3 Å². The monoisotopic (exact) mass is 294 g/mol. The lowest BCUT2D eigenvalue weighted by molar-refractivity contribution is 0.866. The Kier molecular flexibility index (Phi) is 5.83. The Morgan fingerprint density at radius 1 is 0.773 bits per heavy atom. The van der Waals surface area contributed by atoms with Crippen molar-refractivity contribution in [2.75, 3.05) is 18.0 Å². The van der Waals surface area contributed by atoms with E-state index in [0.717, 1.165) is 30.2 Å². The molecule has 2 aromatic rings. The summed E-state index contributed by atoms with van der Waals surface area (Å²) in [5.41, 5.74) is 3.81. The molecule has 0 radical (unpaired) electrons. The van der Waals surface area contributed by atoms with E-state index in [1.807, 2.05) is 43.3 Å². The van der Waals surface area contributed by atoms with E-state index in [2.05, 4.69) is 46.1 Å². The maximum Gasteiger partial charge on any atom is 0.0858 e. The molecule has 0 saturated carbocycles. The Bertz CT molecular complexity index is 623. The summed E-state index contributed by atoms with van der Waals surface area (Å²) < 4.78 is 0. The Balaban J connectivity index is 2.06. The highest BCUT2D eigenvalue weighted by atomic mass is 15.1. The highest BCUT2D eigenvalue weighted by Crippen LogP contribution is 2.23. The van der Waals surface area contributed by atoms with Gasteiger partial charge in [-0.1, -0.05) is 0 Å². The van der Waals surface area contributed by atoms with Gasteiger partial charge >= 0.3 is 0 Å². The summed E-state index contributed by atoms with van der Waals surface area (Å²) in [5.74, 6) is 0. The van der Waals surface area contributed by atoms with Gasteiger partial charge in [-0.2, -0.15) is 10.2 Å². The molecule has 0 N–H and O–H groups in total. The van der Waals surface area contributed by atoms with Crippen LogP contribution in [0.15, 0.2) is 63.8 Å². The Hall–Kier alpha value is -2.49. The molecule has 0 aliphatic rings. The molecule has 114 valence electrons. The SMILES string of the molecule is CC=Nc1ccc(N=Nc2ccc(N(CC)CC)cc2)cc1. The third-order valence-corrected chi connectivity index (χ3v) is 3.39. The molecule has 2 rings (SSSR count). The number of nitrogens with zero attached hydrogens (tertiary/aromatic N) is 4. The summed E-state index contributed by atoms with van der Waals surface area (Å²) in [5, 5.41) is 8.52. The molecule has 0 aliphatic carbocycles. The van der Waals surface area contributed by atoms with Gasteiger partial charge in [-0.15, -0.1) is 0 Å². The van der Waals surface area contributed by atoms with Crippen molar-refractivity contribution >= 4 is 29.0 Å². The van der Waals surface area contributed by atoms with E-state index in [1.54, 1.807) is 6.21 Å². The number of rotatable bonds is 6. The number of azo groups is 1. The second-order valence-electron chi connectivity index (χ2n) is 4.79. The van der Waals surface area contributed by atoms with Crippen molar-refractivity contribution in [3.8, 4) is 0 Å². The van der Waals surface area contributed by atoms with Gasteiger partial charge in [0.25, 0.3) is 0 Å². The molecular weight excluding hydrogens is 272 g/mol. The first-order valence-electron chi connectivity index (χ1n) is 7.62. The first-order valence-corrected chi connectivity index (χ1v) is 7.62. The van der Waals surface area contributed by atoms with Crippen LogP contribution in [-0.2, 0) is 0 Å². The quantitative estimate of drug-likeness (QED) is 0.499. The molecule has 4 nitrogen and oxygen atoms in total. The van der Waals surface area contributed by atoms with Crippen LogP contribution in [0.4, 0.5) is 22.7 Å². The van der Waals surface area contributed by atoms with E-state index >= 15 is 0 Å². The summed E-state index contributed by atoms with van der Waals surface area (Å²) in [7, 11) is 0. The van der Waals surface area contributed by atoms with Gasteiger partial charge in [0.2, 0.25) is 0 Å². The second-order valence-corrected chi connectivity index (χ2v) is 4.79. The van der Waals surface area contributed by atoms with Gasteiger partial charge in [0.05, 0.1) is 17.1 Å². The van der Waals surface area contributed by atoms with Crippen molar-refractivity contribution in [2.45, 2.75) is 20.8 Å². The molecule has 0 aliphatic heterocycles. The molecule has 0 atom stereocenters. The molecule has 0 bridgehead atoms. The molecule has 22 heavy (non-hydrogen) atoms. The topological polar surface area (TPSA) is 40.3 Å². The van der Waals surface area contributed by atoms with Gasteiger partial charge in [0.1, 0.15) is 0 Å². The van der Waals surface area contributed by atoms with Gasteiger partial charge in [-0.25, -0.2) is 0 Å². The van der Waals surface area contributed by atoms with Crippen molar-refractivity contribution in [1.82, 2.24) is 0 Å². The first kappa shape index (κ1) is 15.9. The van der Waals surface area contributed by atoms with Gasteiger partial charge in [0.15, 0.2) is 0 Å². The smallest absolute Gasteiger partial charge is 0.0858 e. The van der Waals surface area contributed by atoms with E-state index in [-0.39, 0.29) is 0 Å². The molecule has 0 spiro atoms. The summed E-state index contributed by atoms with van der Waals surface area (Å²) in [6.07, 6.45) is 1.77. The number of aliphatic imine (C=N–C) groups is 1. The van der Waals surface area contributed by atoms with Crippen LogP contribution in [0.5, 0.6) is 0 Å². The van der Waals surface area contributed by atoms with E-state index in [1.165, 1.54) is 5.69 Å². The molecular formula is C18H22N4. The zero-order valence-corrected chi connectivity index (χ0v) is 13.4. The van der Waals surface area contributed by atoms with Crippen LogP contribution >= 0.6 is 0 Å². The molecule has 0 aromatic heterocycles. The summed E-state index contributed by atoms with van der Waals surface area (Å²) in [6, 6.07) is 15.8. The van der Waals surface area contributed by atoms with Crippen LogP contribution < -0.4 is 4.90 Å². The van der Waals surface area contributed by atoms with E-state index in [0.29, 0.717) is 0 Å². The van der Waals surface area contributed by atoms with Gasteiger partial charge in [0, 0.05) is 25.0 Å². The third-order valence-electron chi connectivity index (χ3n) is 3.39. The van der Waals surface area contributed by atoms with Crippen molar-refractivity contribution < 1.29 is 0 Å². The van der Waals surface area contributed by atoms with E-state index in [9.17, 15) is 0 Å². The van der Waals surface area contributed by atoms with Crippen LogP contribution in [0.25, 0.3) is 0 Å². The van der Waals surface area contributed by atoms with Gasteiger partial charge in [-0.3, -0.25) is 4.99 Å². The summed E-state index contributed by atoms with van der Waals surface area (Å²) >= 11 is 0. The maximum absolute atomic E-state index is 4.27. The molecule has 2 aromatic carbocycles. The molecule has 0 unspecified atom stereocenters. The van der Waals surface area contributed by atoms with Crippen molar-refractivity contribution in [3.05, 3.63) is 48.5 Å². The fraction of sp³-hybridized carbons (Fsp3) is 0.278. The number of hydrogen-bond donors (Lipinski definition) is 0. The normalized spacial score (nSPS) is 11.4. The number of benzene rings is 2. The Morgan fingerprint density at radius 3 is 1.68 bits per heavy atom. The zero-order chi connectivity index (χ0) is 15.8. The van der Waals surface area contributed by atoms with Crippen molar-refractivity contribution in [1.29, 1.82) is 0 Å². The van der Waals surface area contributed by atoms with Crippen LogP contribution in [0.3, 0.4) is 0 Å². The summed E-state index contributed by atoms with van der Waals surface area (Å²) in [6.45, 7) is 8.22. The molecule has 0 heterocycles. The molecule has 0 saturated heterocycles. The zero-order valence-electron chi connectivity index (χ0n) is 13.4. The third kappa shape index (κ3) is 4.25. The van der Waals surface area contributed by atoms with Crippen LogP contribution in [-0.4, -0.2) is 19.3 Å². The molecule has 4 heteroatoms. The minimum Gasteiger partial charge on any atom is -0.372 e. The molecule has 0 amide bonds. The largest absolute Gasteiger partial charge is 0.372 e. The lowest BCUT2D eigenvalue weighted by Gasteiger charge is -2.20. The summed E-state index contributed by atoms with van der Waals surface area (Å²) in [4.78, 5) is 6.51. The lowest BCUT2D eigenvalue weighted by atomic mass is 10.2. The predicted molar refractivity (Wildman–Crippen MR) is 94.4 cm³/mol. The standard InChI is InChI=1S/C18H22N4/c1-4-19-15-7-9-16(10-8-15)20-21-17-11-13-18(14-12-17)22(5-2)6-3/h4,7-14H,5-6H2,1-3H3. The van der Waals surface area contributed by atoms with E-state index < -0.39 is 0 Å². The number of anilines is 1. The van der Waals surface area contributed by atoms with Crippen LogP contribution in [0.2, 0.25) is 0 Å². The van der Waals surface area contributed by atoms with Gasteiger partial charge < -0.3 is 4.90 Å². The highest BCUT2D eigenvalue weighted by Gasteiger charge is 2.00. The molecule has 0 fully saturated rings. The predicted octanol–water partition coefficient (Wildman–Crippen LogP) is 5.67. The Labute approximate surface area is 132 Å². The average Bonchev–Trinajstić information content (AvgIpc) is 2.57. The minimum atomic E-state index is 0.822. The van der Waals surface area contributed by atoms with Crippen molar-refractivity contribution in [2.24, 2.45) is 15.2 Å². The van der Waals surface area contributed by atoms with Crippen LogP contribution in [0, 0.1) is 0 Å².